The normalized spacial score (nSPS) is 15.5. The van der Waals surface area contributed by atoms with Gasteiger partial charge in [0, 0.05) is 92.0 Å². The standard InChI is InChI=1S/C72H88ClN15O13/c1-41(2)29-60(71(99)88-28-12-19-62(88)70(98)79-42(3)72(100)101)86-67(95)58(34-49-37-77-53-17-8-7-16-52(49)53)84-63(91)54(18-9-10-26-74)81-68(96)59(35-51-38-76-40-78-51)85-69(97)61(39-89)87-66(94)57(33-46-13-11-27-75-36-46)83-65(93)56(31-44-21-24-50(73)25-22-44)82-64(92)55(80-43(4)90)32-45-20-23-47-14-5-6-15-48(47)30-45/h5-8,11,13-17,20-25,27,30,36-38,40-42,54-62,77,89H,9-10,12,18-19,26,28-29,31-35,39,74H2,1-4H3,(H,76,78)(H,79,98)(H,80,90)(H,81,96)(H,82,92)(H,83,93)(H,84,91)(H,85,97)(H,86,95)(H,87,94)(H,100,101)/t42-,54-,55-,56-,57-,58+,59+,60+,61+,62+/m1/s1. The number of rotatable bonds is 36. The number of unbranched alkanes of at least 4 members (excludes halogenated alkanes) is 1. The fourth-order valence-corrected chi connectivity index (χ4v) is 12.2. The molecular formula is C72H88ClN15O13. The van der Waals surface area contributed by atoms with Gasteiger partial charge < -0.3 is 78.7 Å². The number of carboxylic acids is 1. The summed E-state index contributed by atoms with van der Waals surface area (Å²) in [4.78, 5) is 171. The van der Waals surface area contributed by atoms with Crippen molar-refractivity contribution in [3.05, 3.63) is 167 Å². The number of fused-ring (bicyclic) bond motifs is 2. The highest BCUT2D eigenvalue weighted by atomic mass is 35.5. The topological polar surface area (TPSA) is 423 Å². The molecule has 8 rings (SSSR count). The molecule has 0 spiro atoms. The average molecular weight is 1410 g/mol. The number of nitrogens with zero attached hydrogens (tertiary/aromatic N) is 3. The number of aromatic nitrogens is 4. The van der Waals surface area contributed by atoms with Crippen LogP contribution in [0.25, 0.3) is 21.7 Å². The molecule has 10 amide bonds. The maximum atomic E-state index is 15.0. The smallest absolute Gasteiger partial charge is 0.325 e. The molecule has 0 radical (unpaired) electrons. The first kappa shape index (κ1) is 76.2. The molecule has 10 atom stereocenters. The molecule has 1 saturated heterocycles. The van der Waals surface area contributed by atoms with E-state index in [2.05, 4.69) is 67.8 Å². The number of hydrogen-bond acceptors (Lipinski definition) is 15. The van der Waals surface area contributed by atoms with Gasteiger partial charge in [0.1, 0.15) is 60.4 Å². The van der Waals surface area contributed by atoms with Gasteiger partial charge in [-0.05, 0) is 115 Å². The monoisotopic (exact) mass is 1410 g/mol. The van der Waals surface area contributed by atoms with Crippen molar-refractivity contribution in [3.63, 3.8) is 0 Å². The third kappa shape index (κ3) is 22.2. The number of H-pyrrole nitrogens is 2. The Morgan fingerprint density at radius 2 is 1.15 bits per heavy atom. The number of aliphatic hydroxyl groups excluding tert-OH is 1. The number of aromatic amines is 2. The number of para-hydroxylation sites is 1. The number of benzene rings is 4. The van der Waals surface area contributed by atoms with E-state index in [4.69, 9.17) is 17.3 Å². The van der Waals surface area contributed by atoms with E-state index in [1.807, 2.05) is 74.5 Å². The Hall–Kier alpha value is -10.6. The Morgan fingerprint density at radius 1 is 0.584 bits per heavy atom. The van der Waals surface area contributed by atoms with E-state index in [0.717, 1.165) is 27.2 Å². The summed E-state index contributed by atoms with van der Waals surface area (Å²) in [5, 5.41) is 47.6. The lowest BCUT2D eigenvalue weighted by Gasteiger charge is -2.31. The molecule has 4 heterocycles. The van der Waals surface area contributed by atoms with Crippen LogP contribution in [-0.4, -0.2) is 180 Å². The molecular weight excluding hydrogens is 1320 g/mol. The lowest BCUT2D eigenvalue weighted by Crippen LogP contribution is -2.61. The molecule has 3 aromatic heterocycles. The van der Waals surface area contributed by atoms with Crippen LogP contribution in [-0.2, 0) is 84.8 Å². The maximum absolute atomic E-state index is 15.0. The van der Waals surface area contributed by atoms with E-state index in [1.165, 1.54) is 43.7 Å². The second kappa shape index (κ2) is 37.0. The quantitative estimate of drug-likeness (QED) is 0.0251. The molecule has 101 heavy (non-hydrogen) atoms. The summed E-state index contributed by atoms with van der Waals surface area (Å²) in [5.74, 6) is -9.32. The Balaban J connectivity index is 1.02. The van der Waals surface area contributed by atoms with E-state index in [0.29, 0.717) is 46.7 Å². The lowest BCUT2D eigenvalue weighted by molar-refractivity contribution is -0.144. The number of imidazole rings is 1. The van der Waals surface area contributed by atoms with Gasteiger partial charge in [0.2, 0.25) is 59.1 Å². The molecule has 0 unspecified atom stereocenters. The molecule has 15 N–H and O–H groups in total. The second-order valence-electron chi connectivity index (χ2n) is 25.7. The average Bonchev–Trinajstić information content (AvgIpc) is 1.79. The number of pyridine rings is 1. The Bertz CT molecular complexity index is 4030. The third-order valence-electron chi connectivity index (χ3n) is 17.4. The van der Waals surface area contributed by atoms with Crippen molar-refractivity contribution in [1.82, 2.24) is 72.7 Å². The minimum absolute atomic E-state index is 0.0287. The van der Waals surface area contributed by atoms with Gasteiger partial charge in [0.25, 0.3) is 0 Å². The lowest BCUT2D eigenvalue weighted by atomic mass is 9.99. The first-order valence-electron chi connectivity index (χ1n) is 33.6. The molecule has 1 aliphatic heterocycles. The molecule has 1 aliphatic rings. The Kier molecular flexibility index (Phi) is 27.9. The van der Waals surface area contributed by atoms with Crippen molar-refractivity contribution in [2.45, 2.75) is 159 Å². The number of likely N-dealkylation sites (tertiary alicyclic amines) is 1. The molecule has 0 saturated carbocycles. The minimum atomic E-state index is -1.79. The number of nitrogens with one attached hydrogen (secondary N) is 11. The van der Waals surface area contributed by atoms with Crippen LogP contribution in [0.3, 0.4) is 0 Å². The SMILES string of the molecule is CC(=O)N[C@H](Cc1ccc2ccccc2c1)C(=O)N[C@H](Cc1ccc(Cl)cc1)C(=O)N[C@H](Cc1cccnc1)C(=O)N[C@@H](CO)C(=O)N[C@@H](Cc1cnc[nH]1)C(=O)N[C@H](CCCCN)C(=O)N[C@@H](Cc1c[nH]c2ccccc12)C(=O)N[C@@H](CC(C)C)C(=O)N1CCC[C@H]1C(=O)N[C@H](C)C(=O)O. The number of halogens is 1. The van der Waals surface area contributed by atoms with Gasteiger partial charge in [-0.2, -0.15) is 0 Å². The zero-order chi connectivity index (χ0) is 72.7. The van der Waals surface area contributed by atoms with Crippen LogP contribution >= 0.6 is 11.6 Å². The summed E-state index contributed by atoms with van der Waals surface area (Å²) in [6.07, 6.45) is 8.14. The van der Waals surface area contributed by atoms with Gasteiger partial charge in [-0.15, -0.1) is 0 Å². The molecule has 0 bridgehead atoms. The van der Waals surface area contributed by atoms with Crippen molar-refractivity contribution in [2.75, 3.05) is 19.7 Å². The minimum Gasteiger partial charge on any atom is -0.480 e. The fraction of sp³-hybridized carbons (Fsp3) is 0.403. The number of nitrogens with two attached hydrogens (primary N) is 1. The van der Waals surface area contributed by atoms with Crippen molar-refractivity contribution >= 4 is 98.3 Å². The van der Waals surface area contributed by atoms with Gasteiger partial charge in [-0.25, -0.2) is 4.98 Å². The molecule has 7 aromatic rings. The zero-order valence-corrected chi connectivity index (χ0v) is 57.4. The van der Waals surface area contributed by atoms with Gasteiger partial charge in [-0.3, -0.25) is 57.7 Å². The van der Waals surface area contributed by atoms with E-state index in [1.54, 1.807) is 48.7 Å². The molecule has 28 nitrogen and oxygen atoms in total. The highest BCUT2D eigenvalue weighted by Gasteiger charge is 2.41. The molecule has 29 heteroatoms. The van der Waals surface area contributed by atoms with Crippen molar-refractivity contribution in [1.29, 1.82) is 0 Å². The predicted molar refractivity (Wildman–Crippen MR) is 376 cm³/mol. The van der Waals surface area contributed by atoms with Gasteiger partial charge in [0.05, 0.1) is 12.9 Å². The Morgan fingerprint density at radius 3 is 1.76 bits per heavy atom. The summed E-state index contributed by atoms with van der Waals surface area (Å²) in [6, 6.07) is 16.6. The molecule has 4 aromatic carbocycles. The molecule has 0 aliphatic carbocycles. The Labute approximate surface area is 588 Å². The summed E-state index contributed by atoms with van der Waals surface area (Å²) in [5.41, 5.74) is 9.34. The highest BCUT2D eigenvalue weighted by Crippen LogP contribution is 2.24. The van der Waals surface area contributed by atoms with Crippen LogP contribution in [0.15, 0.2) is 134 Å². The highest BCUT2D eigenvalue weighted by molar-refractivity contribution is 6.30. The first-order chi connectivity index (χ1) is 48.5. The largest absolute Gasteiger partial charge is 0.480 e. The third-order valence-corrected chi connectivity index (χ3v) is 17.6. The predicted octanol–water partition coefficient (Wildman–Crippen LogP) is 2.25. The van der Waals surface area contributed by atoms with Crippen LogP contribution in [0.5, 0.6) is 0 Å². The van der Waals surface area contributed by atoms with Crippen molar-refractivity contribution in [2.24, 2.45) is 11.7 Å². The van der Waals surface area contributed by atoms with E-state index < -0.39 is 132 Å². The fourth-order valence-electron chi connectivity index (χ4n) is 12.1. The van der Waals surface area contributed by atoms with Crippen LogP contribution in [0, 0.1) is 5.92 Å². The number of amides is 10. The van der Waals surface area contributed by atoms with Gasteiger partial charge in [-0.1, -0.05) is 104 Å². The van der Waals surface area contributed by atoms with Gasteiger partial charge in [0.15, 0.2) is 0 Å². The van der Waals surface area contributed by atoms with Crippen molar-refractivity contribution < 1.29 is 63.0 Å². The number of carboxylic acid groups (broad SMARTS) is 1. The number of carbonyl (C=O) groups is 11. The van der Waals surface area contributed by atoms with Crippen LogP contribution in [0.1, 0.15) is 94.2 Å². The summed E-state index contributed by atoms with van der Waals surface area (Å²) in [7, 11) is 0. The molecule has 536 valence electrons. The molecule has 1 fully saturated rings. The van der Waals surface area contributed by atoms with Crippen LogP contribution < -0.4 is 53.6 Å². The summed E-state index contributed by atoms with van der Waals surface area (Å²) in [6.45, 7) is 5.59. The first-order valence-corrected chi connectivity index (χ1v) is 34.0. The number of aliphatic carboxylic acids is 1. The maximum Gasteiger partial charge on any atom is 0.325 e. The number of aliphatic hydroxyl groups is 1. The van der Waals surface area contributed by atoms with Crippen LogP contribution in [0.2, 0.25) is 5.02 Å². The van der Waals surface area contributed by atoms with E-state index >= 15 is 0 Å². The van der Waals surface area contributed by atoms with Gasteiger partial charge >= 0.3 is 5.97 Å². The summed E-state index contributed by atoms with van der Waals surface area (Å²) < 4.78 is 0. The van der Waals surface area contributed by atoms with E-state index in [-0.39, 0.29) is 70.4 Å². The van der Waals surface area contributed by atoms with E-state index in [9.17, 15) is 63.0 Å². The summed E-state index contributed by atoms with van der Waals surface area (Å²) >= 11 is 6.24. The number of carbonyl (C=O) groups excluding carboxylic acids is 10. The second-order valence-corrected chi connectivity index (χ2v) is 26.1. The zero-order valence-electron chi connectivity index (χ0n) is 56.6. The number of hydrogen-bond donors (Lipinski definition) is 14. The van der Waals surface area contributed by atoms with Crippen LogP contribution in [0.4, 0.5) is 0 Å². The van der Waals surface area contributed by atoms with Crippen molar-refractivity contribution in [3.8, 4) is 0 Å².